The van der Waals surface area contributed by atoms with Crippen LogP contribution in [0.4, 0.5) is 5.82 Å². The van der Waals surface area contributed by atoms with Crippen LogP contribution in [0.15, 0.2) is 34.9 Å². The molecular weight excluding hydrogens is 308 g/mol. The molecular formula is C15H15ClN2O4. The van der Waals surface area contributed by atoms with Crippen molar-refractivity contribution in [2.24, 2.45) is 0 Å². The highest BCUT2D eigenvalue weighted by molar-refractivity contribution is 6.30. The van der Waals surface area contributed by atoms with E-state index in [0.717, 1.165) is 5.56 Å². The average molecular weight is 323 g/mol. The number of ether oxygens (including phenoxy) is 1. The highest BCUT2D eigenvalue weighted by atomic mass is 35.5. The number of nitrogens with zero attached hydrogens (tertiary/aromatic N) is 1. The maximum Gasteiger partial charge on any atom is 0.311 e. The maximum atomic E-state index is 11.9. The van der Waals surface area contributed by atoms with Crippen molar-refractivity contribution < 1.29 is 18.8 Å². The van der Waals surface area contributed by atoms with Crippen molar-refractivity contribution in [3.8, 4) is 0 Å². The van der Waals surface area contributed by atoms with Gasteiger partial charge >= 0.3 is 5.97 Å². The van der Waals surface area contributed by atoms with Crippen LogP contribution in [0.1, 0.15) is 18.2 Å². The molecule has 0 aliphatic rings. The van der Waals surface area contributed by atoms with Crippen LogP contribution in [0.2, 0.25) is 5.02 Å². The molecule has 1 atom stereocenters. The molecule has 1 aromatic heterocycles. The van der Waals surface area contributed by atoms with Gasteiger partial charge in [-0.1, -0.05) is 28.9 Å². The van der Waals surface area contributed by atoms with Gasteiger partial charge in [-0.05, 0) is 31.5 Å². The third-order valence-corrected chi connectivity index (χ3v) is 3.07. The monoisotopic (exact) mass is 322 g/mol. The molecule has 0 radical (unpaired) electrons. The minimum Gasteiger partial charge on any atom is -0.452 e. The third kappa shape index (κ3) is 4.60. The van der Waals surface area contributed by atoms with Gasteiger partial charge in [-0.25, -0.2) is 0 Å². The quantitative estimate of drug-likeness (QED) is 0.856. The smallest absolute Gasteiger partial charge is 0.311 e. The number of hydrogen-bond donors (Lipinski definition) is 1. The van der Waals surface area contributed by atoms with Crippen LogP contribution in [0.3, 0.4) is 0 Å². The summed E-state index contributed by atoms with van der Waals surface area (Å²) in [5, 5.41) is 6.72. The van der Waals surface area contributed by atoms with Gasteiger partial charge in [-0.15, -0.1) is 0 Å². The number of anilines is 1. The molecule has 1 N–H and O–H groups in total. The zero-order valence-corrected chi connectivity index (χ0v) is 12.9. The number of aryl methyl sites for hydroxylation is 1. The highest BCUT2D eigenvalue weighted by Crippen LogP contribution is 2.11. The predicted octanol–water partition coefficient (Wildman–Crippen LogP) is 2.75. The van der Waals surface area contributed by atoms with Crippen molar-refractivity contribution in [2.45, 2.75) is 26.4 Å². The van der Waals surface area contributed by atoms with Gasteiger partial charge in [0.05, 0.1) is 6.42 Å². The summed E-state index contributed by atoms with van der Waals surface area (Å²) < 4.78 is 9.91. The average Bonchev–Trinajstić information content (AvgIpc) is 2.86. The summed E-state index contributed by atoms with van der Waals surface area (Å²) in [6, 6.07) is 8.40. The van der Waals surface area contributed by atoms with E-state index in [9.17, 15) is 9.59 Å². The van der Waals surface area contributed by atoms with Crippen molar-refractivity contribution in [3.05, 3.63) is 46.7 Å². The van der Waals surface area contributed by atoms with Crippen LogP contribution < -0.4 is 5.32 Å². The summed E-state index contributed by atoms with van der Waals surface area (Å²) in [5.74, 6) is -0.121. The molecule has 7 heteroatoms. The highest BCUT2D eigenvalue weighted by Gasteiger charge is 2.19. The Morgan fingerprint density at radius 2 is 2.05 bits per heavy atom. The zero-order chi connectivity index (χ0) is 16.1. The Bertz CT molecular complexity index is 666. The van der Waals surface area contributed by atoms with E-state index in [4.69, 9.17) is 20.9 Å². The minimum atomic E-state index is -0.934. The lowest BCUT2D eigenvalue weighted by Gasteiger charge is -2.12. The summed E-state index contributed by atoms with van der Waals surface area (Å²) in [6.07, 6.45) is -0.866. The molecule has 0 aliphatic heterocycles. The summed E-state index contributed by atoms with van der Waals surface area (Å²) in [4.78, 5) is 23.7. The summed E-state index contributed by atoms with van der Waals surface area (Å²) in [5.41, 5.74) is 0.758. The van der Waals surface area contributed by atoms with Gasteiger partial charge in [0.25, 0.3) is 5.91 Å². The standard InChI is InChI=1S/C15H15ClN2O4/c1-9-7-13(18-22-9)17-15(20)10(2)21-14(19)8-11-3-5-12(16)6-4-11/h3-7,10H,8H2,1-2H3,(H,17,18,20)/t10-/m1/s1. The maximum absolute atomic E-state index is 11.9. The van der Waals surface area contributed by atoms with Crippen molar-refractivity contribution in [2.75, 3.05) is 5.32 Å². The first-order valence-corrected chi connectivity index (χ1v) is 7.00. The first kappa shape index (κ1) is 16.0. The second-order valence-corrected chi connectivity index (χ2v) is 5.18. The van der Waals surface area contributed by atoms with E-state index in [1.165, 1.54) is 6.92 Å². The fraction of sp³-hybridized carbons (Fsp3) is 0.267. The Kier molecular flexibility index (Phi) is 5.16. The van der Waals surface area contributed by atoms with Crippen molar-refractivity contribution >= 4 is 29.3 Å². The van der Waals surface area contributed by atoms with Gasteiger partial charge in [0.1, 0.15) is 5.76 Å². The van der Waals surface area contributed by atoms with Crippen LogP contribution in [0.25, 0.3) is 0 Å². The molecule has 0 unspecified atom stereocenters. The molecule has 6 nitrogen and oxygen atoms in total. The first-order chi connectivity index (χ1) is 10.4. The molecule has 0 saturated carbocycles. The summed E-state index contributed by atoms with van der Waals surface area (Å²) >= 11 is 5.77. The second-order valence-electron chi connectivity index (χ2n) is 4.75. The number of carbonyl (C=O) groups excluding carboxylic acids is 2. The number of nitrogens with one attached hydrogen (secondary N) is 1. The van der Waals surface area contributed by atoms with E-state index in [-0.39, 0.29) is 12.2 Å². The largest absolute Gasteiger partial charge is 0.452 e. The molecule has 116 valence electrons. The molecule has 2 aromatic rings. The number of hydrogen-bond acceptors (Lipinski definition) is 5. The van der Waals surface area contributed by atoms with Gasteiger partial charge < -0.3 is 14.6 Å². The Morgan fingerprint density at radius 1 is 1.36 bits per heavy atom. The van der Waals surface area contributed by atoms with Crippen LogP contribution >= 0.6 is 11.6 Å². The van der Waals surface area contributed by atoms with Crippen LogP contribution in [0.5, 0.6) is 0 Å². The van der Waals surface area contributed by atoms with Crippen molar-refractivity contribution in [1.29, 1.82) is 0 Å². The number of carbonyl (C=O) groups is 2. The van der Waals surface area contributed by atoms with Gasteiger partial charge in [0.15, 0.2) is 11.9 Å². The predicted molar refractivity (Wildman–Crippen MR) is 80.6 cm³/mol. The van der Waals surface area contributed by atoms with Crippen molar-refractivity contribution in [1.82, 2.24) is 5.16 Å². The van der Waals surface area contributed by atoms with Crippen molar-refractivity contribution in [3.63, 3.8) is 0 Å². The van der Waals surface area contributed by atoms with E-state index in [1.54, 1.807) is 37.3 Å². The second kappa shape index (κ2) is 7.09. The third-order valence-electron chi connectivity index (χ3n) is 2.82. The number of benzene rings is 1. The number of rotatable bonds is 5. The first-order valence-electron chi connectivity index (χ1n) is 6.62. The SMILES string of the molecule is Cc1cc(NC(=O)[C@@H](C)OC(=O)Cc2ccc(Cl)cc2)no1. The van der Waals surface area contributed by atoms with E-state index in [2.05, 4.69) is 10.5 Å². The summed E-state index contributed by atoms with van der Waals surface area (Å²) in [6.45, 7) is 3.19. The fourth-order valence-corrected chi connectivity index (χ4v) is 1.84. The Balaban J connectivity index is 1.85. The van der Waals surface area contributed by atoms with Gasteiger partial charge in [0, 0.05) is 11.1 Å². The zero-order valence-electron chi connectivity index (χ0n) is 12.1. The van der Waals surface area contributed by atoms with E-state index >= 15 is 0 Å². The van der Waals surface area contributed by atoms with Crippen LogP contribution in [-0.2, 0) is 20.7 Å². The van der Waals surface area contributed by atoms with Gasteiger partial charge in [0.2, 0.25) is 0 Å². The van der Waals surface area contributed by atoms with E-state index in [0.29, 0.717) is 10.8 Å². The van der Waals surface area contributed by atoms with Gasteiger partial charge in [-0.3, -0.25) is 9.59 Å². The Hall–Kier alpha value is -2.34. The Morgan fingerprint density at radius 3 is 2.64 bits per heavy atom. The lowest BCUT2D eigenvalue weighted by atomic mass is 10.1. The molecule has 0 bridgehead atoms. The van der Waals surface area contributed by atoms with E-state index < -0.39 is 18.0 Å². The normalized spacial score (nSPS) is 11.8. The Labute approximate surface area is 132 Å². The minimum absolute atomic E-state index is 0.0673. The molecule has 0 spiro atoms. The van der Waals surface area contributed by atoms with Gasteiger partial charge in [-0.2, -0.15) is 0 Å². The van der Waals surface area contributed by atoms with Crippen LogP contribution in [-0.4, -0.2) is 23.1 Å². The lowest BCUT2D eigenvalue weighted by Crippen LogP contribution is -2.30. The molecule has 1 amide bonds. The number of amides is 1. The molecule has 2 rings (SSSR count). The topological polar surface area (TPSA) is 81.4 Å². The molecule has 0 aliphatic carbocycles. The number of aromatic nitrogens is 1. The molecule has 1 aromatic carbocycles. The molecule has 0 fully saturated rings. The van der Waals surface area contributed by atoms with Crippen LogP contribution in [0, 0.1) is 6.92 Å². The van der Waals surface area contributed by atoms with E-state index in [1.807, 2.05) is 0 Å². The number of esters is 1. The summed E-state index contributed by atoms with van der Waals surface area (Å²) in [7, 11) is 0. The molecule has 1 heterocycles. The molecule has 0 saturated heterocycles. The number of halogens is 1. The fourth-order valence-electron chi connectivity index (χ4n) is 1.71. The molecule has 22 heavy (non-hydrogen) atoms. The lowest BCUT2D eigenvalue weighted by molar-refractivity contribution is -0.152.